The summed E-state index contributed by atoms with van der Waals surface area (Å²) in [5.74, 6) is 0. The van der Waals surface area contributed by atoms with Crippen molar-refractivity contribution in [1.29, 1.82) is 0 Å². The Morgan fingerprint density at radius 1 is 0.174 bits per heavy atom. The van der Waals surface area contributed by atoms with Gasteiger partial charge in [0.05, 0.1) is 5.41 Å². The molecule has 86 heavy (non-hydrogen) atoms. The van der Waals surface area contributed by atoms with E-state index in [9.17, 15) is 0 Å². The standard InChI is InChI=1S/C86H60/c1-59-25-19-47-82-84(59)85-81(80-45-18-17-44-79(80)64-34-15-6-16-35-64)46-24-48-83(85)86(82,77-42-22-40-69(57-77)65-36-20-38-67(49-65)75-53-71(60-26-7-2-8-27-60)51-72(54-75)61-28-9-3-10-29-61)78-43-23-41-70(58-78)66-37-21-39-68(50-66)76-55-73(62-30-11-4-12-31-62)52-74(56-76)63-32-13-5-14-33-63/h2-58H,1H3. The molecule has 0 amide bonds. The Hall–Kier alpha value is -10.9. The van der Waals surface area contributed by atoms with Gasteiger partial charge in [0.15, 0.2) is 0 Å². The molecule has 1 aliphatic rings. The van der Waals surface area contributed by atoms with Gasteiger partial charge >= 0.3 is 0 Å². The van der Waals surface area contributed by atoms with Crippen molar-refractivity contribution >= 4 is 0 Å². The molecular formula is C86H60. The lowest BCUT2D eigenvalue weighted by atomic mass is 9.66. The van der Waals surface area contributed by atoms with Gasteiger partial charge in [-0.25, -0.2) is 0 Å². The van der Waals surface area contributed by atoms with Gasteiger partial charge in [-0.1, -0.05) is 285 Å². The van der Waals surface area contributed by atoms with Crippen LogP contribution in [-0.4, -0.2) is 0 Å². The van der Waals surface area contributed by atoms with E-state index in [1.165, 1.54) is 128 Å². The third kappa shape index (κ3) is 9.48. The van der Waals surface area contributed by atoms with Gasteiger partial charge in [-0.15, -0.1) is 0 Å². The molecule has 0 aromatic heterocycles. The SMILES string of the molecule is Cc1cccc2c1-c1c(-c3ccccc3-c3ccccc3)cccc1C2(c1cccc(-c2cccc(-c3cc(-c4ccccc4)cc(-c4ccccc4)c3)c2)c1)c1cccc(-c2cccc(-c3cc(-c4ccccc4)cc(-c4ccccc4)c3)c2)c1. The number of hydrogen-bond donors (Lipinski definition) is 0. The fourth-order valence-corrected chi connectivity index (χ4v) is 13.6. The van der Waals surface area contributed by atoms with E-state index in [-0.39, 0.29) is 0 Å². The average molecular weight is 1090 g/mol. The molecule has 1 aliphatic carbocycles. The minimum atomic E-state index is -0.723. The monoisotopic (exact) mass is 1090 g/mol. The number of benzene rings is 14. The molecule has 0 spiro atoms. The van der Waals surface area contributed by atoms with Crippen LogP contribution in [0.15, 0.2) is 346 Å². The van der Waals surface area contributed by atoms with Crippen molar-refractivity contribution in [3.63, 3.8) is 0 Å². The maximum absolute atomic E-state index is 2.48. The van der Waals surface area contributed by atoms with E-state index in [1.807, 2.05) is 0 Å². The first-order chi connectivity index (χ1) is 42.5. The average Bonchev–Trinajstić information content (AvgIpc) is 1.55. The first-order valence-corrected chi connectivity index (χ1v) is 29.9. The number of fused-ring (bicyclic) bond motifs is 3. The molecule has 0 saturated carbocycles. The number of hydrogen-bond acceptors (Lipinski definition) is 0. The number of rotatable bonds is 12. The highest BCUT2D eigenvalue weighted by Crippen LogP contribution is 2.60. The second-order valence-corrected chi connectivity index (χ2v) is 22.8. The summed E-state index contributed by atoms with van der Waals surface area (Å²) >= 11 is 0. The predicted molar refractivity (Wildman–Crippen MR) is 363 cm³/mol. The zero-order chi connectivity index (χ0) is 57.4. The summed E-state index contributed by atoms with van der Waals surface area (Å²) in [5, 5.41) is 0. The van der Waals surface area contributed by atoms with Crippen molar-refractivity contribution in [2.24, 2.45) is 0 Å². The van der Waals surface area contributed by atoms with E-state index in [1.54, 1.807) is 0 Å². The van der Waals surface area contributed by atoms with Crippen molar-refractivity contribution < 1.29 is 0 Å². The zero-order valence-electron chi connectivity index (χ0n) is 47.9. The van der Waals surface area contributed by atoms with Crippen LogP contribution < -0.4 is 0 Å². The van der Waals surface area contributed by atoms with Crippen LogP contribution in [0.1, 0.15) is 27.8 Å². The summed E-state index contributed by atoms with van der Waals surface area (Å²) in [7, 11) is 0. The van der Waals surface area contributed by atoms with Crippen molar-refractivity contribution in [2.75, 3.05) is 0 Å². The van der Waals surface area contributed by atoms with Crippen LogP contribution in [-0.2, 0) is 5.41 Å². The molecule has 0 heteroatoms. The molecule has 0 radical (unpaired) electrons. The summed E-state index contributed by atoms with van der Waals surface area (Å²) < 4.78 is 0. The third-order valence-corrected chi connectivity index (χ3v) is 17.6. The van der Waals surface area contributed by atoms with Gasteiger partial charge in [0.25, 0.3) is 0 Å². The first-order valence-electron chi connectivity index (χ1n) is 29.9. The van der Waals surface area contributed by atoms with E-state index in [0.717, 1.165) is 22.3 Å². The Balaban J connectivity index is 0.922. The second-order valence-electron chi connectivity index (χ2n) is 22.8. The van der Waals surface area contributed by atoms with Gasteiger partial charge in [0.1, 0.15) is 0 Å². The van der Waals surface area contributed by atoms with E-state index < -0.39 is 5.41 Å². The molecule has 0 fully saturated rings. The highest BCUT2D eigenvalue weighted by molar-refractivity contribution is 6.00. The van der Waals surface area contributed by atoms with Crippen LogP contribution in [0.3, 0.4) is 0 Å². The van der Waals surface area contributed by atoms with Crippen LogP contribution in [0, 0.1) is 6.92 Å². The van der Waals surface area contributed by atoms with E-state index in [2.05, 4.69) is 353 Å². The predicted octanol–water partition coefficient (Wildman–Crippen LogP) is 23.0. The quantitative estimate of drug-likeness (QED) is 0.114. The van der Waals surface area contributed by atoms with Gasteiger partial charge in [-0.3, -0.25) is 0 Å². The zero-order valence-corrected chi connectivity index (χ0v) is 47.9. The molecule has 14 aromatic rings. The first kappa shape index (κ1) is 51.9. The van der Waals surface area contributed by atoms with Crippen LogP contribution in [0.2, 0.25) is 0 Å². The van der Waals surface area contributed by atoms with Crippen molar-refractivity contribution in [3.05, 3.63) is 374 Å². The Labute approximate surface area is 505 Å². The van der Waals surface area contributed by atoms with Crippen LogP contribution in [0.25, 0.3) is 122 Å². The van der Waals surface area contributed by atoms with E-state index in [4.69, 9.17) is 0 Å². The van der Waals surface area contributed by atoms with Gasteiger partial charge < -0.3 is 0 Å². The lowest BCUT2D eigenvalue weighted by Crippen LogP contribution is -2.28. The van der Waals surface area contributed by atoms with Gasteiger partial charge in [-0.2, -0.15) is 0 Å². The fraction of sp³-hybridized carbons (Fsp3) is 0.0233. The Morgan fingerprint density at radius 2 is 0.442 bits per heavy atom. The molecular weight excluding hydrogens is 1030 g/mol. The topological polar surface area (TPSA) is 0 Å². The highest BCUT2D eigenvalue weighted by atomic mass is 14.5. The van der Waals surface area contributed by atoms with Crippen LogP contribution >= 0.6 is 0 Å². The van der Waals surface area contributed by atoms with Gasteiger partial charge in [0, 0.05) is 0 Å². The Morgan fingerprint density at radius 3 is 0.860 bits per heavy atom. The second kappa shape index (κ2) is 22.3. The lowest BCUT2D eigenvalue weighted by Gasteiger charge is -2.35. The molecule has 0 nitrogen and oxygen atoms in total. The summed E-state index contributed by atoms with van der Waals surface area (Å²) in [6, 6.07) is 128. The smallest absolute Gasteiger partial charge is 0.0622 e. The van der Waals surface area contributed by atoms with Gasteiger partial charge in [-0.05, 0) is 218 Å². The molecule has 0 aliphatic heterocycles. The van der Waals surface area contributed by atoms with Crippen molar-refractivity contribution in [2.45, 2.75) is 12.3 Å². The van der Waals surface area contributed by atoms with Crippen LogP contribution in [0.5, 0.6) is 0 Å². The summed E-state index contributed by atoms with van der Waals surface area (Å²) in [4.78, 5) is 0. The van der Waals surface area contributed by atoms with Gasteiger partial charge in [0.2, 0.25) is 0 Å². The van der Waals surface area contributed by atoms with E-state index >= 15 is 0 Å². The molecule has 0 unspecified atom stereocenters. The Kier molecular flexibility index (Phi) is 13.5. The minimum absolute atomic E-state index is 0.723. The van der Waals surface area contributed by atoms with Crippen molar-refractivity contribution in [3.8, 4) is 122 Å². The molecule has 0 N–H and O–H groups in total. The largest absolute Gasteiger partial charge is 0.0714 e. The Bertz CT molecular complexity index is 4460. The van der Waals surface area contributed by atoms with Crippen LogP contribution in [0.4, 0.5) is 0 Å². The maximum Gasteiger partial charge on any atom is 0.0714 e. The van der Waals surface area contributed by atoms with Crippen molar-refractivity contribution in [1.82, 2.24) is 0 Å². The number of aryl methyl sites for hydroxylation is 1. The molecule has 14 aromatic carbocycles. The molecule has 0 heterocycles. The van der Waals surface area contributed by atoms with E-state index in [0.29, 0.717) is 0 Å². The fourth-order valence-electron chi connectivity index (χ4n) is 13.6. The highest BCUT2D eigenvalue weighted by Gasteiger charge is 2.48. The summed E-state index contributed by atoms with van der Waals surface area (Å²) in [6.45, 7) is 2.30. The molecule has 0 atom stereocenters. The molecule has 0 saturated heterocycles. The third-order valence-electron chi connectivity index (χ3n) is 17.6. The summed E-state index contributed by atoms with van der Waals surface area (Å²) in [6.07, 6.45) is 0. The lowest BCUT2D eigenvalue weighted by molar-refractivity contribution is 0.769. The molecule has 0 bridgehead atoms. The maximum atomic E-state index is 2.48. The minimum Gasteiger partial charge on any atom is -0.0622 e. The summed E-state index contributed by atoms with van der Waals surface area (Å²) in [5.41, 5.74) is 31.9. The normalized spacial score (nSPS) is 12.1. The molecule has 404 valence electrons. The molecule has 15 rings (SSSR count).